The predicted octanol–water partition coefficient (Wildman–Crippen LogP) is 2.67. The molecule has 0 aliphatic carbocycles. The number of benzene rings is 2. The van der Waals surface area contributed by atoms with Crippen molar-refractivity contribution in [3.8, 4) is 5.75 Å². The maximum Gasteiger partial charge on any atom is 0.306 e. The van der Waals surface area contributed by atoms with Crippen molar-refractivity contribution in [1.82, 2.24) is 4.31 Å². The fraction of sp³-hybridized carbons (Fsp3) is 0.594. The first kappa shape index (κ1) is 33.8. The van der Waals surface area contributed by atoms with Crippen LogP contribution in [0.4, 0.5) is 0 Å². The van der Waals surface area contributed by atoms with Crippen LogP contribution >= 0.6 is 0 Å². The van der Waals surface area contributed by atoms with Crippen LogP contribution in [0, 0.1) is 23.7 Å². The fourth-order valence-corrected chi connectivity index (χ4v) is 10.1. The smallest absolute Gasteiger partial charge is 0.306 e. The van der Waals surface area contributed by atoms with Crippen LogP contribution in [0.25, 0.3) is 0 Å². The standard InChI is InChI=1S/C32H43NO10S2/c1-21(2)17-33(45(38,39)25-11-9-24(40-3)10-12-25)18-27(34)23(15-22-7-5-4-6-8-22)16-30(35)42-28-19-44(36,37)20-29-31(28)26-13-14-41-32(26)43-29/h4-12,21,23,26-29,31-32,34H,13-20H2,1-3H3/t23-,26?,27-,28?,29?,31?,32?/m1/s1. The Bertz CT molecular complexity index is 1510. The Morgan fingerprint density at radius 2 is 1.78 bits per heavy atom. The van der Waals surface area contributed by atoms with Crippen molar-refractivity contribution in [2.45, 2.75) is 62.6 Å². The zero-order valence-electron chi connectivity index (χ0n) is 25.9. The topological polar surface area (TPSA) is 146 Å². The number of aliphatic hydroxyl groups excluding tert-OH is 1. The molecule has 0 bridgehead atoms. The third-order valence-electron chi connectivity index (χ3n) is 8.83. The van der Waals surface area contributed by atoms with Crippen molar-refractivity contribution < 1.29 is 45.7 Å². The van der Waals surface area contributed by atoms with Crippen LogP contribution in [-0.2, 0) is 45.3 Å². The highest BCUT2D eigenvalue weighted by Crippen LogP contribution is 2.45. The molecule has 11 nitrogen and oxygen atoms in total. The molecule has 1 N–H and O–H groups in total. The predicted molar refractivity (Wildman–Crippen MR) is 166 cm³/mol. The molecule has 45 heavy (non-hydrogen) atoms. The number of fused-ring (bicyclic) bond motifs is 3. The van der Waals surface area contributed by atoms with Crippen molar-refractivity contribution in [2.75, 3.05) is 38.3 Å². The lowest BCUT2D eigenvalue weighted by Crippen LogP contribution is -2.49. The van der Waals surface area contributed by atoms with Crippen LogP contribution in [0.5, 0.6) is 5.75 Å². The third kappa shape index (κ3) is 8.06. The van der Waals surface area contributed by atoms with Crippen molar-refractivity contribution in [3.05, 3.63) is 60.2 Å². The molecule has 0 aromatic heterocycles. The molecule has 3 saturated heterocycles. The summed E-state index contributed by atoms with van der Waals surface area (Å²) in [5.41, 5.74) is 0.859. The zero-order valence-corrected chi connectivity index (χ0v) is 27.5. The molecule has 248 valence electrons. The largest absolute Gasteiger partial charge is 0.497 e. The number of rotatable bonds is 13. The Balaban J connectivity index is 1.35. The van der Waals surface area contributed by atoms with Gasteiger partial charge in [0.05, 0.1) is 48.7 Å². The summed E-state index contributed by atoms with van der Waals surface area (Å²) >= 11 is 0. The highest BCUT2D eigenvalue weighted by molar-refractivity contribution is 7.91. The van der Waals surface area contributed by atoms with Gasteiger partial charge in [0.1, 0.15) is 11.9 Å². The molecule has 3 heterocycles. The molecule has 0 saturated carbocycles. The van der Waals surface area contributed by atoms with Crippen molar-refractivity contribution >= 4 is 25.8 Å². The SMILES string of the molecule is COc1ccc(S(=O)(=O)N(CC(C)C)C[C@@H](O)[C@@H](CC(=O)OC2CS(=O)(=O)CC3OC4OCCC4C23)Cc2ccccc2)cc1. The highest BCUT2D eigenvalue weighted by atomic mass is 32.2. The second kappa shape index (κ2) is 14.1. The van der Waals surface area contributed by atoms with E-state index in [0.717, 1.165) is 5.56 Å². The fourth-order valence-electron chi connectivity index (χ4n) is 6.72. The minimum absolute atomic E-state index is 0.0408. The minimum Gasteiger partial charge on any atom is -0.497 e. The Labute approximate surface area is 265 Å². The van der Waals surface area contributed by atoms with Gasteiger partial charge in [0, 0.05) is 30.8 Å². The van der Waals surface area contributed by atoms with E-state index in [1.807, 2.05) is 44.2 Å². The number of aliphatic hydroxyl groups is 1. The molecule has 2 aromatic carbocycles. The second-order valence-corrected chi connectivity index (χ2v) is 16.8. The molecule has 3 aliphatic rings. The van der Waals surface area contributed by atoms with Gasteiger partial charge >= 0.3 is 5.97 Å². The van der Waals surface area contributed by atoms with Crippen molar-refractivity contribution in [1.29, 1.82) is 0 Å². The summed E-state index contributed by atoms with van der Waals surface area (Å²) < 4.78 is 76.7. The van der Waals surface area contributed by atoms with Gasteiger partial charge in [0.15, 0.2) is 16.1 Å². The van der Waals surface area contributed by atoms with Gasteiger partial charge in [-0.15, -0.1) is 0 Å². The molecule has 5 unspecified atom stereocenters. The van der Waals surface area contributed by atoms with Crippen LogP contribution in [-0.4, -0.2) is 95.1 Å². The molecule has 13 heteroatoms. The van der Waals surface area contributed by atoms with Gasteiger partial charge in [-0.3, -0.25) is 4.79 Å². The van der Waals surface area contributed by atoms with Gasteiger partial charge in [0.25, 0.3) is 0 Å². The van der Waals surface area contributed by atoms with Crippen molar-refractivity contribution in [2.24, 2.45) is 23.7 Å². The first-order chi connectivity index (χ1) is 21.4. The lowest BCUT2D eigenvalue weighted by molar-refractivity contribution is -0.155. The average molecular weight is 666 g/mol. The summed E-state index contributed by atoms with van der Waals surface area (Å²) in [7, 11) is -6.02. The monoisotopic (exact) mass is 665 g/mol. The van der Waals surface area contributed by atoms with E-state index in [1.165, 1.54) is 23.5 Å². The van der Waals surface area contributed by atoms with Crippen LogP contribution < -0.4 is 4.74 Å². The number of hydrogen-bond acceptors (Lipinski definition) is 10. The summed E-state index contributed by atoms with van der Waals surface area (Å²) in [5.74, 6) is -1.65. The first-order valence-electron chi connectivity index (χ1n) is 15.4. The molecule has 2 aromatic rings. The van der Waals surface area contributed by atoms with E-state index in [4.69, 9.17) is 18.9 Å². The third-order valence-corrected chi connectivity index (χ3v) is 12.4. The van der Waals surface area contributed by atoms with E-state index >= 15 is 0 Å². The van der Waals surface area contributed by atoms with Crippen LogP contribution in [0.15, 0.2) is 59.5 Å². The summed E-state index contributed by atoms with van der Waals surface area (Å²) in [6.07, 6.45) is -2.46. The number of nitrogens with zero attached hydrogens (tertiary/aromatic N) is 1. The Hall–Kier alpha value is -2.55. The van der Waals surface area contributed by atoms with Gasteiger partial charge in [-0.25, -0.2) is 16.8 Å². The number of methoxy groups -OCH3 is 1. The van der Waals surface area contributed by atoms with E-state index in [2.05, 4.69) is 0 Å². The van der Waals surface area contributed by atoms with E-state index in [-0.39, 0.29) is 60.1 Å². The van der Waals surface area contributed by atoms with E-state index in [1.54, 1.807) is 12.1 Å². The van der Waals surface area contributed by atoms with E-state index in [9.17, 15) is 26.7 Å². The molecule has 0 radical (unpaired) electrons. The number of sulfone groups is 1. The number of sulfonamides is 1. The maximum atomic E-state index is 13.7. The first-order valence-corrected chi connectivity index (χ1v) is 18.7. The van der Waals surface area contributed by atoms with E-state index in [0.29, 0.717) is 18.8 Å². The number of ether oxygens (including phenoxy) is 4. The summed E-state index contributed by atoms with van der Waals surface area (Å²) in [5, 5.41) is 11.6. The van der Waals surface area contributed by atoms with Gasteiger partial charge in [-0.2, -0.15) is 4.31 Å². The summed E-state index contributed by atoms with van der Waals surface area (Å²) in [4.78, 5) is 13.6. The van der Waals surface area contributed by atoms with Crippen LogP contribution in [0.3, 0.4) is 0 Å². The molecular formula is C32H43NO10S2. The maximum absolute atomic E-state index is 13.7. The summed E-state index contributed by atoms with van der Waals surface area (Å²) in [6.45, 7) is 4.19. The normalized spacial score (nSPS) is 27.1. The average Bonchev–Trinajstić information content (AvgIpc) is 3.57. The van der Waals surface area contributed by atoms with E-state index < -0.39 is 56.3 Å². The minimum atomic E-state index is -4.00. The molecule has 3 aliphatic heterocycles. The van der Waals surface area contributed by atoms with Crippen LogP contribution in [0.1, 0.15) is 32.3 Å². The Morgan fingerprint density at radius 3 is 2.44 bits per heavy atom. The number of esters is 1. The molecule has 0 spiro atoms. The lowest BCUT2D eigenvalue weighted by Gasteiger charge is -2.34. The quantitative estimate of drug-likeness (QED) is 0.317. The molecule has 5 rings (SSSR count). The molecular weight excluding hydrogens is 622 g/mol. The number of carbonyl (C=O) groups is 1. The summed E-state index contributed by atoms with van der Waals surface area (Å²) in [6, 6.07) is 15.4. The zero-order chi connectivity index (χ0) is 32.4. The van der Waals surface area contributed by atoms with Gasteiger partial charge in [0.2, 0.25) is 10.0 Å². The van der Waals surface area contributed by atoms with Crippen molar-refractivity contribution in [3.63, 3.8) is 0 Å². The van der Waals surface area contributed by atoms with Gasteiger partial charge in [-0.05, 0) is 48.6 Å². The second-order valence-electron chi connectivity index (χ2n) is 12.7. The Morgan fingerprint density at radius 1 is 1.07 bits per heavy atom. The molecule has 7 atom stereocenters. The highest BCUT2D eigenvalue weighted by Gasteiger charge is 2.56. The lowest BCUT2D eigenvalue weighted by atomic mass is 9.84. The Kier molecular flexibility index (Phi) is 10.6. The number of hydrogen-bond donors (Lipinski definition) is 1. The molecule has 3 fully saturated rings. The van der Waals surface area contributed by atoms with Gasteiger partial charge in [-0.1, -0.05) is 44.2 Å². The van der Waals surface area contributed by atoms with Gasteiger partial charge < -0.3 is 24.1 Å². The number of carbonyl (C=O) groups excluding carboxylic acids is 1. The van der Waals surface area contributed by atoms with Crippen LogP contribution in [0.2, 0.25) is 0 Å². The molecule has 0 amide bonds.